The van der Waals surface area contributed by atoms with Gasteiger partial charge in [-0.1, -0.05) is 32.4 Å². The fourth-order valence-corrected chi connectivity index (χ4v) is 4.85. The van der Waals surface area contributed by atoms with E-state index in [1.165, 1.54) is 19.2 Å². The summed E-state index contributed by atoms with van der Waals surface area (Å²) in [5.74, 6) is -2.83. The van der Waals surface area contributed by atoms with Crippen LogP contribution >= 0.6 is 0 Å². The maximum Gasteiger partial charge on any atom is 0.410 e. The number of nitrogens with zero attached hydrogens (tertiary/aromatic N) is 2. The molecule has 5 N–H and O–H groups in total. The summed E-state index contributed by atoms with van der Waals surface area (Å²) in [6.07, 6.45) is 2.99. The lowest BCUT2D eigenvalue weighted by Crippen LogP contribution is -2.45. The van der Waals surface area contributed by atoms with Gasteiger partial charge in [-0.2, -0.15) is 0 Å². The normalized spacial score (nSPS) is 13.8. The minimum absolute atomic E-state index is 0.103. The molecule has 48 heavy (non-hydrogen) atoms. The number of carbonyl (C=O) groups is 8. The van der Waals surface area contributed by atoms with Crippen LogP contribution in [-0.4, -0.2) is 90.3 Å². The Bertz CT molecular complexity index is 1380. The highest BCUT2D eigenvalue weighted by molar-refractivity contribution is 6.12. The molecule has 0 radical (unpaired) electrons. The Balaban J connectivity index is 1.95. The van der Waals surface area contributed by atoms with E-state index in [4.69, 9.17) is 11.8 Å². The molecule has 0 fully saturated rings. The molecule has 1 aromatic carbocycles. The van der Waals surface area contributed by atoms with Gasteiger partial charge in [-0.15, -0.1) is 0 Å². The van der Waals surface area contributed by atoms with Crippen molar-refractivity contribution in [2.45, 2.75) is 71.4 Å². The van der Waals surface area contributed by atoms with E-state index in [2.05, 4.69) is 16.0 Å². The van der Waals surface area contributed by atoms with Crippen LogP contribution in [0, 0.1) is 11.8 Å². The van der Waals surface area contributed by atoms with Crippen LogP contribution in [0.5, 0.6) is 0 Å². The highest BCUT2D eigenvalue weighted by atomic mass is 16.6. The number of amides is 7. The molecular weight excluding hydrogens is 624 g/mol. The molecule has 2 rings (SSSR count). The number of hydrogen-bond donors (Lipinski definition) is 4. The Labute approximate surface area is 281 Å². The molecule has 0 aliphatic carbocycles. The van der Waals surface area contributed by atoms with Crippen molar-refractivity contribution >= 4 is 53.5 Å². The van der Waals surface area contributed by atoms with Crippen LogP contribution in [0.15, 0.2) is 36.4 Å². The third-order valence-corrected chi connectivity index (χ3v) is 7.56. The van der Waals surface area contributed by atoms with Gasteiger partial charge >= 0.3 is 12.1 Å². The third-order valence-electron chi connectivity index (χ3n) is 7.56. The lowest BCUT2D eigenvalue weighted by molar-refractivity contribution is -0.137. The molecule has 15 heteroatoms. The summed E-state index contributed by atoms with van der Waals surface area (Å²) in [6, 6.07) is 4.90. The molecule has 0 unspecified atom stereocenters. The van der Waals surface area contributed by atoms with Gasteiger partial charge in [0.25, 0.3) is 11.8 Å². The molecule has 0 saturated carbocycles. The van der Waals surface area contributed by atoms with E-state index in [1.807, 2.05) is 0 Å². The number of Topliss-reactive ketones (excluding diaryl/α,β-unsaturated/α-hetero) is 1. The Kier molecular flexibility index (Phi) is 15.7. The maximum atomic E-state index is 13.5. The largest absolute Gasteiger partial charge is 0.445 e. The van der Waals surface area contributed by atoms with Gasteiger partial charge in [-0.25, -0.2) is 9.59 Å². The van der Waals surface area contributed by atoms with Gasteiger partial charge in [0.05, 0.1) is 12.6 Å². The summed E-state index contributed by atoms with van der Waals surface area (Å²) in [4.78, 5) is 98.9. The molecule has 262 valence electrons. The van der Waals surface area contributed by atoms with Crippen LogP contribution < -0.4 is 21.7 Å². The van der Waals surface area contributed by atoms with Crippen LogP contribution in [-0.2, 0) is 40.1 Å². The van der Waals surface area contributed by atoms with Gasteiger partial charge in [0, 0.05) is 56.7 Å². The van der Waals surface area contributed by atoms with Gasteiger partial charge in [0.1, 0.15) is 14.2 Å². The summed E-state index contributed by atoms with van der Waals surface area (Å²) in [6.45, 7) is 3.55. The molecule has 0 aromatic heterocycles. The molecule has 7 amide bonds. The van der Waals surface area contributed by atoms with Crippen molar-refractivity contribution < 1.29 is 44.5 Å². The zero-order valence-corrected chi connectivity index (χ0v) is 27.6. The minimum atomic E-state index is -0.928. The molecule has 1 aromatic rings. The summed E-state index contributed by atoms with van der Waals surface area (Å²) < 4.78 is 12.1. The Morgan fingerprint density at radius 3 is 2.29 bits per heavy atom. The molecule has 1 aliphatic heterocycles. The van der Waals surface area contributed by atoms with E-state index < -0.39 is 42.8 Å². The number of imide groups is 1. The second-order valence-corrected chi connectivity index (χ2v) is 11.8. The molecular formula is C33H46N6O9. The number of carbonyl (C=O) groups excluding carboxylic acids is 8. The second-order valence-electron chi connectivity index (χ2n) is 11.8. The molecule has 0 saturated heterocycles. The number of ketones is 1. The summed E-state index contributed by atoms with van der Waals surface area (Å²) in [5.41, 5.74) is 6.17. The van der Waals surface area contributed by atoms with Crippen molar-refractivity contribution in [2.24, 2.45) is 17.6 Å². The summed E-state index contributed by atoms with van der Waals surface area (Å²) in [5, 5.41) is 8.04. The first-order valence-corrected chi connectivity index (χ1v) is 15.8. The monoisotopic (exact) mass is 671 g/mol. The Hall–Kier alpha value is -5.08. The number of unbranched alkanes of at least 4 members (excludes halogenated alkanes) is 2. The van der Waals surface area contributed by atoms with Gasteiger partial charge in [0.2, 0.25) is 11.8 Å². The number of ether oxygens (including phenoxy) is 1. The Morgan fingerprint density at radius 1 is 1.02 bits per heavy atom. The van der Waals surface area contributed by atoms with Crippen LogP contribution in [0.4, 0.5) is 15.3 Å². The van der Waals surface area contributed by atoms with Gasteiger partial charge in [-0.3, -0.25) is 28.9 Å². The van der Waals surface area contributed by atoms with E-state index in [9.17, 15) is 38.4 Å². The van der Waals surface area contributed by atoms with Crippen LogP contribution in [0.2, 0.25) is 0 Å². The predicted molar refractivity (Wildman–Crippen MR) is 175 cm³/mol. The van der Waals surface area contributed by atoms with Gasteiger partial charge < -0.3 is 36.1 Å². The molecule has 1 aliphatic rings. The number of urea groups is 1. The average Bonchev–Trinajstić information content (AvgIpc) is 3.35. The molecule has 15 nitrogen and oxygen atoms in total. The predicted octanol–water partition coefficient (Wildman–Crippen LogP) is 2.04. The SMILES string of the molecule is [2H]C(=O)CN(C)C(=O)OCc1ccc(NC(=O)[C@H](CCCNC(N)=O)CC(=O)[C@@H](NC(=O)CCCCCN2C(=O)C=CC2=O)C(C)C)cc1. The highest BCUT2D eigenvalue weighted by Gasteiger charge is 2.29. The van der Waals surface area contributed by atoms with E-state index in [0.717, 1.165) is 9.80 Å². The molecule has 0 spiro atoms. The van der Waals surface area contributed by atoms with Gasteiger partial charge in [-0.05, 0) is 49.3 Å². The summed E-state index contributed by atoms with van der Waals surface area (Å²) >= 11 is 0. The lowest BCUT2D eigenvalue weighted by Gasteiger charge is -2.24. The Morgan fingerprint density at radius 2 is 1.69 bits per heavy atom. The number of benzene rings is 1. The van der Waals surface area contributed by atoms with E-state index in [1.54, 1.807) is 38.1 Å². The first-order valence-electron chi connectivity index (χ1n) is 16.3. The zero-order valence-electron chi connectivity index (χ0n) is 28.6. The van der Waals surface area contributed by atoms with Crippen molar-refractivity contribution in [1.29, 1.82) is 0 Å². The maximum absolute atomic E-state index is 13.5. The number of primary amides is 1. The van der Waals surface area contributed by atoms with Crippen LogP contribution in [0.25, 0.3) is 0 Å². The number of anilines is 1. The smallest absolute Gasteiger partial charge is 0.410 e. The fraction of sp³-hybridized carbons (Fsp3) is 0.515. The van der Waals surface area contributed by atoms with Crippen molar-refractivity contribution in [2.75, 3.05) is 32.0 Å². The van der Waals surface area contributed by atoms with E-state index in [0.29, 0.717) is 36.9 Å². The number of aldehydes is 1. The van der Waals surface area contributed by atoms with Crippen molar-refractivity contribution in [3.63, 3.8) is 0 Å². The molecule has 2 atom stereocenters. The first kappa shape index (κ1) is 37.4. The topological polar surface area (TPSA) is 214 Å². The number of hydrogen-bond acceptors (Lipinski definition) is 9. The van der Waals surface area contributed by atoms with Crippen molar-refractivity contribution in [3.05, 3.63) is 42.0 Å². The zero-order chi connectivity index (χ0) is 36.5. The van der Waals surface area contributed by atoms with Crippen LogP contribution in [0.3, 0.4) is 0 Å². The second kappa shape index (κ2) is 20.2. The minimum Gasteiger partial charge on any atom is -0.445 e. The number of nitrogens with two attached hydrogens (primary N) is 1. The molecule has 0 bridgehead atoms. The number of likely N-dealkylation sites (N-methyl/N-ethyl adjacent to an activating group) is 1. The van der Waals surface area contributed by atoms with Crippen molar-refractivity contribution in [1.82, 2.24) is 20.4 Å². The lowest BCUT2D eigenvalue weighted by atomic mass is 9.89. The number of rotatable bonds is 21. The summed E-state index contributed by atoms with van der Waals surface area (Å²) in [7, 11) is 1.34. The third kappa shape index (κ3) is 13.7. The van der Waals surface area contributed by atoms with Crippen LogP contribution in [0.1, 0.15) is 65.7 Å². The van der Waals surface area contributed by atoms with E-state index in [-0.39, 0.29) is 68.4 Å². The van der Waals surface area contributed by atoms with Crippen molar-refractivity contribution in [3.8, 4) is 0 Å². The first-order chi connectivity index (χ1) is 23.2. The van der Waals surface area contributed by atoms with Gasteiger partial charge in [0.15, 0.2) is 5.78 Å². The standard InChI is InChI=1S/C33H46N6O9/c1-22(2)30(37-27(42)9-5-4-6-17-39-28(43)14-15-29(39)44)26(41)20-24(8-7-16-35-32(34)46)31(45)36-25-12-10-23(11-13-25)21-48-33(47)38(3)18-19-40/h10-15,19,22,24,30H,4-9,16-18,20-21H2,1-3H3,(H,36,45)(H,37,42)(H3,34,35,46)/t24-,30+/m1/s1/i19D. The average molecular weight is 672 g/mol. The molecule has 1 heterocycles. The van der Waals surface area contributed by atoms with E-state index >= 15 is 0 Å². The quantitative estimate of drug-likeness (QED) is 0.0854. The number of nitrogens with one attached hydrogen (secondary N) is 3. The highest BCUT2D eigenvalue weighted by Crippen LogP contribution is 2.20. The fourth-order valence-electron chi connectivity index (χ4n) is 4.85.